The van der Waals surface area contributed by atoms with Gasteiger partial charge < -0.3 is 39.6 Å². The topological polar surface area (TPSA) is 220 Å². The van der Waals surface area contributed by atoms with Crippen molar-refractivity contribution in [1.29, 1.82) is 0 Å². The number of ether oxygens (including phenoxy) is 5. The van der Waals surface area contributed by atoms with Crippen LogP contribution in [0.25, 0.3) is 0 Å². The Kier molecular flexibility index (Phi) is 11.7. The normalized spacial score (nSPS) is 21.0. The average molecular weight is 612 g/mol. The second kappa shape index (κ2) is 14.6. The van der Waals surface area contributed by atoms with Crippen LogP contribution in [-0.4, -0.2) is 88.0 Å². The van der Waals surface area contributed by atoms with Crippen LogP contribution in [0.5, 0.6) is 0 Å². The van der Waals surface area contributed by atoms with Crippen molar-refractivity contribution in [3.63, 3.8) is 0 Å². The van der Waals surface area contributed by atoms with E-state index in [0.717, 1.165) is 25.3 Å². The van der Waals surface area contributed by atoms with Gasteiger partial charge in [0.15, 0.2) is 18.4 Å². The number of amides is 3. The van der Waals surface area contributed by atoms with Crippen molar-refractivity contribution < 1.29 is 52.5 Å². The summed E-state index contributed by atoms with van der Waals surface area (Å²) < 4.78 is 28.1. The standard InChI is InChI=1S/C26H37N5O12/c1-12(27-25(38)43-26(6,7)8)22(36)29-17(11-39-14(3)33)19-20(40-15(4)34)21(41-16(5)35)23(42-19)31-10-9-18(28-13(2)32)30-24(31)37/h9-10,12,17,19-21,23H,11H2,1-8H3,(H,27,38)(H,29,36)(H,28,30,32,37). The van der Waals surface area contributed by atoms with Gasteiger partial charge in [0.2, 0.25) is 11.8 Å². The summed E-state index contributed by atoms with van der Waals surface area (Å²) >= 11 is 0. The van der Waals surface area contributed by atoms with Crippen molar-refractivity contribution in [2.75, 3.05) is 11.9 Å². The highest BCUT2D eigenvalue weighted by molar-refractivity contribution is 5.87. The van der Waals surface area contributed by atoms with Crippen molar-refractivity contribution in [3.8, 4) is 0 Å². The van der Waals surface area contributed by atoms with E-state index < -0.39 is 90.3 Å². The van der Waals surface area contributed by atoms with Crippen LogP contribution in [0, 0.1) is 0 Å². The van der Waals surface area contributed by atoms with E-state index in [1.54, 1.807) is 20.8 Å². The molecule has 0 spiro atoms. The zero-order valence-corrected chi connectivity index (χ0v) is 25.1. The molecule has 17 nitrogen and oxygen atoms in total. The van der Waals surface area contributed by atoms with Crippen LogP contribution in [0.4, 0.5) is 10.6 Å². The number of hydrogen-bond donors (Lipinski definition) is 3. The molecule has 1 saturated heterocycles. The van der Waals surface area contributed by atoms with Gasteiger partial charge in [-0.2, -0.15) is 4.98 Å². The molecule has 1 aliphatic rings. The molecule has 0 radical (unpaired) electrons. The summed E-state index contributed by atoms with van der Waals surface area (Å²) in [4.78, 5) is 89.2. The zero-order chi connectivity index (χ0) is 32.6. The fourth-order valence-electron chi connectivity index (χ4n) is 4.00. The Morgan fingerprint density at radius 3 is 2.09 bits per heavy atom. The first-order valence-electron chi connectivity index (χ1n) is 13.2. The number of nitrogens with zero attached hydrogens (tertiary/aromatic N) is 2. The second-order valence-electron chi connectivity index (χ2n) is 10.6. The van der Waals surface area contributed by atoms with Gasteiger partial charge >= 0.3 is 29.7 Å². The van der Waals surface area contributed by atoms with Crippen molar-refractivity contribution in [3.05, 3.63) is 22.7 Å². The Balaban J connectivity index is 2.48. The van der Waals surface area contributed by atoms with Gasteiger partial charge in [0.1, 0.15) is 30.2 Å². The molecular weight excluding hydrogens is 574 g/mol. The Morgan fingerprint density at radius 2 is 1.58 bits per heavy atom. The van der Waals surface area contributed by atoms with Crippen LogP contribution >= 0.6 is 0 Å². The molecule has 17 heteroatoms. The summed E-state index contributed by atoms with van der Waals surface area (Å²) in [7, 11) is 0. The van der Waals surface area contributed by atoms with Crippen molar-refractivity contribution >= 4 is 41.6 Å². The van der Waals surface area contributed by atoms with Gasteiger partial charge in [0.05, 0.1) is 6.04 Å². The van der Waals surface area contributed by atoms with Crippen LogP contribution in [0.3, 0.4) is 0 Å². The minimum Gasteiger partial charge on any atom is -0.464 e. The fourth-order valence-corrected chi connectivity index (χ4v) is 4.00. The van der Waals surface area contributed by atoms with Crippen molar-refractivity contribution in [2.24, 2.45) is 0 Å². The quantitative estimate of drug-likeness (QED) is 0.233. The van der Waals surface area contributed by atoms with Gasteiger partial charge in [-0.3, -0.25) is 28.5 Å². The van der Waals surface area contributed by atoms with Crippen LogP contribution < -0.4 is 21.6 Å². The molecule has 2 heterocycles. The van der Waals surface area contributed by atoms with Crippen LogP contribution in [0.2, 0.25) is 0 Å². The smallest absolute Gasteiger partial charge is 0.408 e. The number of carbonyl (C=O) groups is 6. The summed E-state index contributed by atoms with van der Waals surface area (Å²) in [6.07, 6.45) is -5.33. The maximum Gasteiger partial charge on any atom is 0.408 e. The van der Waals surface area contributed by atoms with E-state index in [1.807, 2.05) is 0 Å². The molecule has 1 fully saturated rings. The van der Waals surface area contributed by atoms with Crippen LogP contribution in [0.15, 0.2) is 17.1 Å². The van der Waals surface area contributed by atoms with E-state index in [0.29, 0.717) is 0 Å². The maximum absolute atomic E-state index is 13.1. The molecule has 1 aromatic rings. The number of rotatable bonds is 10. The van der Waals surface area contributed by atoms with Crippen LogP contribution in [0.1, 0.15) is 61.6 Å². The third-order valence-electron chi connectivity index (χ3n) is 5.55. The first-order valence-corrected chi connectivity index (χ1v) is 13.2. The lowest BCUT2D eigenvalue weighted by Crippen LogP contribution is -2.56. The Labute approximate surface area is 246 Å². The summed E-state index contributed by atoms with van der Waals surface area (Å²) in [5.41, 5.74) is -1.76. The minimum absolute atomic E-state index is 0.0599. The predicted molar refractivity (Wildman–Crippen MR) is 145 cm³/mol. The van der Waals surface area contributed by atoms with Gasteiger partial charge in [-0.25, -0.2) is 9.59 Å². The highest BCUT2D eigenvalue weighted by Crippen LogP contribution is 2.35. The number of carbonyl (C=O) groups excluding carboxylic acids is 6. The fraction of sp³-hybridized carbons (Fsp3) is 0.615. The molecule has 3 N–H and O–H groups in total. The van der Waals surface area contributed by atoms with E-state index in [2.05, 4.69) is 20.9 Å². The largest absolute Gasteiger partial charge is 0.464 e. The number of esters is 3. The lowest BCUT2D eigenvalue weighted by atomic mass is 10.0. The summed E-state index contributed by atoms with van der Waals surface area (Å²) in [5.74, 6) is -3.66. The molecular formula is C26H37N5O12. The molecule has 0 bridgehead atoms. The number of anilines is 1. The molecule has 0 aliphatic carbocycles. The van der Waals surface area contributed by atoms with Gasteiger partial charge in [-0.15, -0.1) is 0 Å². The van der Waals surface area contributed by atoms with Crippen LogP contribution in [-0.2, 0) is 47.7 Å². The van der Waals surface area contributed by atoms with E-state index >= 15 is 0 Å². The monoisotopic (exact) mass is 611 g/mol. The average Bonchev–Trinajstić information content (AvgIpc) is 3.16. The number of alkyl carbamates (subject to hydrolysis) is 1. The number of nitrogens with one attached hydrogen (secondary N) is 3. The Hall–Kier alpha value is -4.54. The SMILES string of the molecule is CC(=O)Nc1ccn(C2OC(C(COC(C)=O)NC(=O)C(C)NC(=O)OC(C)(C)C)C(OC(C)=O)C2OC(C)=O)c(=O)n1. The van der Waals surface area contributed by atoms with Gasteiger partial charge in [-0.1, -0.05) is 0 Å². The molecule has 238 valence electrons. The summed E-state index contributed by atoms with van der Waals surface area (Å²) in [6.45, 7) is 10.3. The predicted octanol–water partition coefficient (Wildman–Crippen LogP) is -0.0764. The van der Waals surface area contributed by atoms with Gasteiger partial charge in [0.25, 0.3) is 0 Å². The van der Waals surface area contributed by atoms with E-state index in [4.69, 9.17) is 23.7 Å². The lowest BCUT2D eigenvalue weighted by molar-refractivity contribution is -0.166. The number of hydrogen-bond acceptors (Lipinski definition) is 13. The highest BCUT2D eigenvalue weighted by Gasteiger charge is 2.53. The molecule has 3 amide bonds. The van der Waals surface area contributed by atoms with E-state index in [-0.39, 0.29) is 5.82 Å². The van der Waals surface area contributed by atoms with Crippen molar-refractivity contribution in [1.82, 2.24) is 20.2 Å². The molecule has 1 aromatic heterocycles. The van der Waals surface area contributed by atoms with E-state index in [9.17, 15) is 33.6 Å². The van der Waals surface area contributed by atoms with Gasteiger partial charge in [-0.05, 0) is 33.8 Å². The minimum atomic E-state index is -1.45. The molecule has 6 atom stereocenters. The molecule has 0 saturated carbocycles. The van der Waals surface area contributed by atoms with Gasteiger partial charge in [0, 0.05) is 33.9 Å². The molecule has 1 aliphatic heterocycles. The first kappa shape index (κ1) is 34.7. The Morgan fingerprint density at radius 1 is 0.977 bits per heavy atom. The highest BCUT2D eigenvalue weighted by atomic mass is 16.6. The van der Waals surface area contributed by atoms with E-state index in [1.165, 1.54) is 26.1 Å². The summed E-state index contributed by atoms with van der Waals surface area (Å²) in [6, 6.07) is -1.13. The Bertz CT molecular complexity index is 1290. The second-order valence-corrected chi connectivity index (χ2v) is 10.6. The van der Waals surface area contributed by atoms with Crippen molar-refractivity contribution in [2.45, 2.75) is 97.6 Å². The molecule has 43 heavy (non-hydrogen) atoms. The molecule has 0 aromatic carbocycles. The first-order chi connectivity index (χ1) is 19.9. The molecule has 2 rings (SSSR count). The zero-order valence-electron chi connectivity index (χ0n) is 25.1. The molecule has 6 unspecified atom stereocenters. The third kappa shape index (κ3) is 10.7. The lowest BCUT2D eigenvalue weighted by Gasteiger charge is -2.29. The maximum atomic E-state index is 13.1. The summed E-state index contributed by atoms with van der Waals surface area (Å²) in [5, 5.41) is 7.32. The third-order valence-corrected chi connectivity index (χ3v) is 5.55. The number of aromatic nitrogens is 2.